The maximum absolute atomic E-state index is 13.3. The van der Waals surface area contributed by atoms with Gasteiger partial charge in [0, 0.05) is 12.6 Å². The van der Waals surface area contributed by atoms with E-state index in [1.54, 1.807) is 39.1 Å². The van der Waals surface area contributed by atoms with Crippen molar-refractivity contribution in [1.82, 2.24) is 14.1 Å². The fraction of sp³-hybridized carbons (Fsp3) is 0.414. The number of nitrogens with zero attached hydrogens (tertiary/aromatic N) is 3. The van der Waals surface area contributed by atoms with Crippen molar-refractivity contribution in [2.24, 2.45) is 11.7 Å². The first-order chi connectivity index (χ1) is 18.5. The minimum absolute atomic E-state index is 0.0112. The zero-order valence-corrected chi connectivity index (χ0v) is 22.6. The predicted molar refractivity (Wildman–Crippen MR) is 148 cm³/mol. The summed E-state index contributed by atoms with van der Waals surface area (Å²) in [6, 6.07) is 8.98. The van der Waals surface area contributed by atoms with Gasteiger partial charge in [-0.25, -0.2) is 14.3 Å². The molecule has 0 saturated heterocycles. The summed E-state index contributed by atoms with van der Waals surface area (Å²) < 4.78 is 8.53. The number of carbonyl (C=O) groups excluding carboxylic acids is 3. The molecule has 0 spiro atoms. The number of fused-ring (bicyclic) bond motifs is 1. The van der Waals surface area contributed by atoms with Gasteiger partial charge in [0.2, 0.25) is 11.8 Å². The van der Waals surface area contributed by atoms with Crippen LogP contribution in [0.25, 0.3) is 11.0 Å². The number of anilines is 1. The van der Waals surface area contributed by atoms with E-state index >= 15 is 0 Å². The molecule has 10 heteroatoms. The lowest BCUT2D eigenvalue weighted by molar-refractivity contribution is -0.116. The van der Waals surface area contributed by atoms with Crippen molar-refractivity contribution in [2.75, 3.05) is 5.32 Å². The summed E-state index contributed by atoms with van der Waals surface area (Å²) in [6.45, 7) is 5.41. The van der Waals surface area contributed by atoms with Crippen molar-refractivity contribution in [1.29, 1.82) is 0 Å². The van der Waals surface area contributed by atoms with Crippen molar-refractivity contribution >= 4 is 34.6 Å². The van der Waals surface area contributed by atoms with Crippen LogP contribution in [0.3, 0.4) is 0 Å². The number of rotatable bonds is 10. The number of benzene rings is 1. The Hall–Kier alpha value is -4.21. The van der Waals surface area contributed by atoms with Crippen LogP contribution >= 0.6 is 0 Å². The van der Waals surface area contributed by atoms with Crippen molar-refractivity contribution in [3.05, 3.63) is 70.4 Å². The molecule has 0 aliphatic heterocycles. The first-order valence-corrected chi connectivity index (χ1v) is 13.2. The number of nitrogens with one attached hydrogen (secondary N) is 1. The summed E-state index contributed by atoms with van der Waals surface area (Å²) in [5.74, 6) is 0.147. The number of amides is 2. The summed E-state index contributed by atoms with van der Waals surface area (Å²) in [5.41, 5.74) is 6.49. The van der Waals surface area contributed by atoms with E-state index in [9.17, 15) is 19.2 Å². The average molecular weight is 534 g/mol. The average Bonchev–Trinajstić information content (AvgIpc) is 3.58. The second kappa shape index (κ2) is 11.7. The van der Waals surface area contributed by atoms with Crippen LogP contribution in [-0.2, 0) is 27.3 Å². The molecule has 39 heavy (non-hydrogen) atoms. The molecule has 2 aromatic heterocycles. The number of unbranched alkanes of at least 4 members (excludes halogenated alkanes) is 1. The van der Waals surface area contributed by atoms with Crippen molar-refractivity contribution in [3.8, 4) is 0 Å². The van der Waals surface area contributed by atoms with Gasteiger partial charge in [0.15, 0.2) is 0 Å². The van der Waals surface area contributed by atoms with Gasteiger partial charge in [0.05, 0.1) is 17.6 Å². The van der Waals surface area contributed by atoms with Crippen LogP contribution in [0.4, 0.5) is 10.5 Å². The number of nitrogens with two attached hydrogens (primary N) is 1. The highest BCUT2D eigenvalue weighted by Crippen LogP contribution is 2.34. The molecule has 10 nitrogen and oxygen atoms in total. The second-order valence-electron chi connectivity index (χ2n) is 10.9. The topological polar surface area (TPSA) is 138 Å². The largest absolute Gasteiger partial charge is 0.443 e. The zero-order chi connectivity index (χ0) is 28.2. The maximum atomic E-state index is 13.3. The van der Waals surface area contributed by atoms with Gasteiger partial charge in [0.1, 0.15) is 17.1 Å². The van der Waals surface area contributed by atoms with Crippen molar-refractivity contribution in [2.45, 2.75) is 71.4 Å². The molecular weight excluding hydrogens is 498 g/mol. The van der Waals surface area contributed by atoms with Gasteiger partial charge in [-0.2, -0.15) is 0 Å². The van der Waals surface area contributed by atoms with Crippen molar-refractivity contribution in [3.63, 3.8) is 0 Å². The lowest BCUT2D eigenvalue weighted by atomic mass is 10.1. The Labute approximate surface area is 226 Å². The highest BCUT2D eigenvalue weighted by Gasteiger charge is 2.27. The Morgan fingerprint density at radius 1 is 1.18 bits per heavy atom. The fourth-order valence-electron chi connectivity index (χ4n) is 4.32. The number of ether oxygens (including phenoxy) is 1. The van der Waals surface area contributed by atoms with E-state index in [2.05, 4.69) is 5.32 Å². The van der Waals surface area contributed by atoms with E-state index in [0.29, 0.717) is 30.1 Å². The van der Waals surface area contributed by atoms with Gasteiger partial charge < -0.3 is 20.4 Å². The number of pyridine rings is 1. The SMILES string of the molecule is CC(C)(C)OC(=O)n1c(Cn2cccc(NC(=O)CCC/C=C/C(N)=O)c2=O)nc2c(CC3CC3)cccc21. The molecule has 0 unspecified atom stereocenters. The quantitative estimate of drug-likeness (QED) is 0.297. The molecule has 1 saturated carbocycles. The minimum atomic E-state index is -0.715. The molecule has 4 rings (SSSR count). The van der Waals surface area contributed by atoms with Crippen LogP contribution < -0.4 is 16.6 Å². The number of imidazole rings is 1. The van der Waals surface area contributed by atoms with Gasteiger partial charge in [0.25, 0.3) is 5.56 Å². The number of hydrogen-bond donors (Lipinski definition) is 2. The van der Waals surface area contributed by atoms with Gasteiger partial charge in [-0.3, -0.25) is 14.4 Å². The smallest absolute Gasteiger partial charge is 0.420 e. The molecule has 3 N–H and O–H groups in total. The molecule has 1 aliphatic carbocycles. The standard InChI is InChI=1S/C29H35N5O5/c1-29(2,3)39-28(38)34-22-11-7-9-20(17-19-14-15-19)26(22)32-24(34)18-33-16-8-10-21(27(33)37)31-25(36)13-6-4-5-12-23(30)35/h5,7-12,16,19H,4,6,13-15,17-18H2,1-3H3,(H2,30,35)(H,31,36)/b12-5+. The summed E-state index contributed by atoms with van der Waals surface area (Å²) in [4.78, 5) is 54.5. The molecule has 0 atom stereocenters. The Kier molecular flexibility index (Phi) is 8.32. The lowest BCUT2D eigenvalue weighted by Crippen LogP contribution is -2.30. The molecule has 206 valence electrons. The summed E-state index contributed by atoms with van der Waals surface area (Å²) in [6.07, 6.45) is 8.35. The van der Waals surface area contributed by atoms with Gasteiger partial charge in [-0.15, -0.1) is 0 Å². The van der Waals surface area contributed by atoms with Crippen LogP contribution in [0.1, 0.15) is 64.3 Å². The molecule has 1 aromatic carbocycles. The number of hydrogen-bond acceptors (Lipinski definition) is 6. The van der Waals surface area contributed by atoms with Crippen LogP contribution in [0, 0.1) is 5.92 Å². The zero-order valence-electron chi connectivity index (χ0n) is 22.6. The molecule has 0 bridgehead atoms. The summed E-state index contributed by atoms with van der Waals surface area (Å²) in [7, 11) is 0. The number of carbonyl (C=O) groups is 3. The molecule has 1 fully saturated rings. The minimum Gasteiger partial charge on any atom is -0.443 e. The van der Waals surface area contributed by atoms with Crippen LogP contribution in [0.2, 0.25) is 0 Å². The molecule has 3 aromatic rings. The summed E-state index contributed by atoms with van der Waals surface area (Å²) >= 11 is 0. The Morgan fingerprint density at radius 2 is 1.95 bits per heavy atom. The Bertz CT molecular complexity index is 1470. The predicted octanol–water partition coefficient (Wildman–Crippen LogP) is 4.13. The van der Waals surface area contributed by atoms with Crippen LogP contribution in [0.5, 0.6) is 0 Å². The number of para-hydroxylation sites is 1. The monoisotopic (exact) mass is 533 g/mol. The normalized spacial score (nSPS) is 13.6. The van der Waals surface area contributed by atoms with Gasteiger partial charge >= 0.3 is 6.09 Å². The van der Waals surface area contributed by atoms with E-state index in [1.807, 2.05) is 18.2 Å². The number of aromatic nitrogens is 3. The van der Waals surface area contributed by atoms with E-state index < -0.39 is 23.2 Å². The molecule has 1 aliphatic rings. The lowest BCUT2D eigenvalue weighted by Gasteiger charge is -2.20. The fourth-order valence-corrected chi connectivity index (χ4v) is 4.32. The van der Waals surface area contributed by atoms with E-state index in [-0.39, 0.29) is 24.6 Å². The van der Waals surface area contributed by atoms with Gasteiger partial charge in [-0.1, -0.05) is 18.2 Å². The van der Waals surface area contributed by atoms with E-state index in [1.165, 1.54) is 34.1 Å². The third kappa shape index (κ3) is 7.43. The third-order valence-electron chi connectivity index (χ3n) is 6.28. The Balaban J connectivity index is 1.59. The second-order valence-corrected chi connectivity index (χ2v) is 10.9. The highest BCUT2D eigenvalue weighted by atomic mass is 16.6. The first-order valence-electron chi connectivity index (χ1n) is 13.2. The summed E-state index contributed by atoms with van der Waals surface area (Å²) in [5, 5.41) is 2.66. The van der Waals surface area contributed by atoms with Crippen LogP contribution in [0.15, 0.2) is 53.5 Å². The van der Waals surface area contributed by atoms with Crippen molar-refractivity contribution < 1.29 is 19.1 Å². The number of primary amides is 1. The number of allylic oxidation sites excluding steroid dienone is 1. The molecular formula is C29H35N5O5. The highest BCUT2D eigenvalue weighted by molar-refractivity contribution is 5.91. The Morgan fingerprint density at radius 3 is 2.64 bits per heavy atom. The van der Waals surface area contributed by atoms with Gasteiger partial charge in [-0.05, 0) is 88.6 Å². The molecule has 2 heterocycles. The van der Waals surface area contributed by atoms with E-state index in [0.717, 1.165) is 17.5 Å². The molecule has 0 radical (unpaired) electrons. The van der Waals surface area contributed by atoms with E-state index in [4.69, 9.17) is 15.5 Å². The third-order valence-corrected chi connectivity index (χ3v) is 6.28. The maximum Gasteiger partial charge on any atom is 0.420 e. The first kappa shape index (κ1) is 27.8. The molecule has 2 amide bonds. The van der Waals surface area contributed by atoms with Crippen LogP contribution in [-0.4, -0.2) is 37.6 Å².